The van der Waals surface area contributed by atoms with Gasteiger partial charge in [0.15, 0.2) is 0 Å². The molecule has 3 aromatic heterocycles. The standard InChI is InChI=1S/C44H22Cl8N4O12S4/c45-17-1-13-29(69(57,58)59)41(49)33(17)37-21-5-7-23(53-21)38(34-18(46)2-14-30(42(34)50)70(60,61)62)25-9-11-27(55-25)40(36-20(48)4-16-32(44(36)52)72(66,67)68)28-12-10-26(56-28)39(24-8-6-22(37)54-24)35-19(47)3-15-31(43(35)51)71(63,64)65/h1-16,53-54H,(H,57,58,59)(H,60,61,62)(H,63,64,65)(H,66,67,68). The lowest BCUT2D eigenvalue weighted by Gasteiger charge is -2.13. The predicted octanol–water partition coefficient (Wildman–Crippen LogP) is 13.5. The average molecular weight is 1210 g/mol. The number of aromatic nitrogens is 4. The molecule has 0 amide bonds. The zero-order valence-electron chi connectivity index (χ0n) is 34.8. The molecule has 8 bridgehead atoms. The number of nitrogens with zero attached hydrogens (tertiary/aromatic N) is 2. The molecule has 0 atom stereocenters. The van der Waals surface area contributed by atoms with Crippen molar-refractivity contribution >= 4 is 180 Å². The lowest BCUT2D eigenvalue weighted by molar-refractivity contribution is 0.481. The molecule has 0 radical (unpaired) electrons. The van der Waals surface area contributed by atoms with E-state index in [1.54, 1.807) is 0 Å². The molecule has 4 aromatic carbocycles. The maximum atomic E-state index is 12.7. The molecule has 6 N–H and O–H groups in total. The van der Waals surface area contributed by atoms with E-state index in [1.807, 2.05) is 0 Å². The van der Waals surface area contributed by atoms with Crippen molar-refractivity contribution in [2.45, 2.75) is 19.6 Å². The fraction of sp³-hybridized carbons (Fsp3) is 0. The molecule has 0 fully saturated rings. The second kappa shape index (κ2) is 18.7. The molecule has 0 unspecified atom stereocenters. The van der Waals surface area contributed by atoms with Crippen molar-refractivity contribution in [1.29, 1.82) is 0 Å². The normalized spacial score (nSPS) is 13.1. The summed E-state index contributed by atoms with van der Waals surface area (Å²) in [5.74, 6) is 0. The van der Waals surface area contributed by atoms with Crippen LogP contribution in [0.1, 0.15) is 22.8 Å². The van der Waals surface area contributed by atoms with Crippen LogP contribution in [0.5, 0.6) is 0 Å². The van der Waals surface area contributed by atoms with Gasteiger partial charge in [-0.3, -0.25) is 18.2 Å². The van der Waals surface area contributed by atoms with Gasteiger partial charge in [0.25, 0.3) is 40.5 Å². The van der Waals surface area contributed by atoms with Gasteiger partial charge in [-0.1, -0.05) is 92.8 Å². The monoisotopic (exact) mass is 1210 g/mol. The van der Waals surface area contributed by atoms with Crippen LogP contribution in [-0.2, 0) is 40.5 Å². The number of halogens is 8. The third kappa shape index (κ3) is 9.25. The summed E-state index contributed by atoms with van der Waals surface area (Å²) in [4.78, 5) is 13.1. The quantitative estimate of drug-likeness (QED) is 0.0772. The first-order valence-electron chi connectivity index (χ1n) is 19.6. The summed E-state index contributed by atoms with van der Waals surface area (Å²) in [5, 5.41) is -2.96. The zero-order chi connectivity index (χ0) is 52.3. The fourth-order valence-electron chi connectivity index (χ4n) is 8.11. The Morgan fingerprint density at radius 1 is 0.306 bits per heavy atom. The number of rotatable bonds is 8. The van der Waals surface area contributed by atoms with Crippen LogP contribution in [0.2, 0.25) is 40.2 Å². The topological polar surface area (TPSA) is 275 Å². The molecule has 16 nitrogen and oxygen atoms in total. The van der Waals surface area contributed by atoms with Crippen molar-refractivity contribution in [3.63, 3.8) is 0 Å². The van der Waals surface area contributed by atoms with E-state index in [0.29, 0.717) is 0 Å². The summed E-state index contributed by atoms with van der Waals surface area (Å²) >= 11 is 54.7. The molecule has 72 heavy (non-hydrogen) atoms. The van der Waals surface area contributed by atoms with Crippen LogP contribution in [0, 0.1) is 0 Å². The summed E-state index contributed by atoms with van der Waals surface area (Å²) in [6.45, 7) is 0. The lowest BCUT2D eigenvalue weighted by Crippen LogP contribution is -2.02. The summed E-state index contributed by atoms with van der Waals surface area (Å²) in [6, 6.07) is 14.3. The highest BCUT2D eigenvalue weighted by Gasteiger charge is 2.30. The number of hydrogen-bond acceptors (Lipinski definition) is 10. The summed E-state index contributed by atoms with van der Waals surface area (Å²) in [7, 11) is -20.1. The van der Waals surface area contributed by atoms with E-state index in [0.717, 1.165) is 48.5 Å². The van der Waals surface area contributed by atoms with Gasteiger partial charge in [-0.15, -0.1) is 0 Å². The number of H-pyrrole nitrogens is 2. The number of hydrogen-bond donors (Lipinski definition) is 6. The second-order valence-corrected chi connectivity index (χ2v) is 24.0. The van der Waals surface area contributed by atoms with Crippen molar-refractivity contribution in [2.24, 2.45) is 0 Å². The van der Waals surface area contributed by atoms with Gasteiger partial charge in [-0.25, -0.2) is 9.97 Å². The maximum absolute atomic E-state index is 12.7. The first-order chi connectivity index (χ1) is 33.6. The molecule has 7 aromatic rings. The second-order valence-electron chi connectivity index (χ2n) is 15.3. The van der Waals surface area contributed by atoms with E-state index >= 15 is 0 Å². The molecular formula is C44H22Cl8N4O12S4. The average Bonchev–Trinajstić information content (AvgIpc) is 4.11. The third-order valence-electron chi connectivity index (χ3n) is 11.1. The number of fused-ring (bicyclic) bond motifs is 8. The molecule has 2 aliphatic rings. The third-order valence-corrected chi connectivity index (χ3v) is 18.0. The number of nitrogens with one attached hydrogen (secondary N) is 2. The van der Waals surface area contributed by atoms with Crippen molar-refractivity contribution in [1.82, 2.24) is 19.9 Å². The van der Waals surface area contributed by atoms with Gasteiger partial charge in [0.1, 0.15) is 19.6 Å². The molecular weight excluding hydrogens is 1190 g/mol. The van der Waals surface area contributed by atoms with Crippen molar-refractivity contribution in [3.05, 3.63) is 136 Å². The van der Waals surface area contributed by atoms with Crippen LogP contribution in [0.3, 0.4) is 0 Å². The Bertz CT molecular complexity index is 4150. The molecule has 0 spiro atoms. The molecule has 28 heteroatoms. The predicted molar refractivity (Wildman–Crippen MR) is 280 cm³/mol. The highest BCUT2D eigenvalue weighted by Crippen LogP contribution is 2.49. The van der Waals surface area contributed by atoms with E-state index in [2.05, 4.69) is 9.97 Å². The van der Waals surface area contributed by atoms with E-state index in [1.165, 1.54) is 48.6 Å². The van der Waals surface area contributed by atoms with Crippen LogP contribution < -0.4 is 0 Å². The van der Waals surface area contributed by atoms with Gasteiger partial charge in [-0.2, -0.15) is 33.7 Å². The van der Waals surface area contributed by atoms with Crippen LogP contribution >= 0.6 is 92.8 Å². The van der Waals surface area contributed by atoms with Crippen molar-refractivity contribution < 1.29 is 51.9 Å². The lowest BCUT2D eigenvalue weighted by atomic mass is 10.0. The largest absolute Gasteiger partial charge is 0.354 e. The Balaban J connectivity index is 1.59. The van der Waals surface area contributed by atoms with Gasteiger partial charge >= 0.3 is 0 Å². The van der Waals surface area contributed by atoms with Crippen LogP contribution in [-0.4, -0.2) is 71.8 Å². The van der Waals surface area contributed by atoms with Gasteiger partial charge in [0.2, 0.25) is 0 Å². The summed E-state index contributed by atoms with van der Waals surface area (Å²) < 4.78 is 143. The minimum absolute atomic E-state index is 0.00233. The Morgan fingerprint density at radius 2 is 0.528 bits per heavy atom. The number of benzene rings is 4. The Kier molecular flexibility index (Phi) is 13.6. The SMILES string of the molecule is O=S(=O)(O)c1ccc(Cl)c(-c2c3nc(c(-c4c(Cl)ccc(S(=O)(=O)O)c4Cl)c4ccc([nH]4)c(-c4c(Cl)ccc(S(=O)(=O)O)c4Cl)c4ccc([nH]4)c(-c4c(Cl)ccc(S(=O)(=O)O)c4Cl)c4nc2C=C4)C=C3)c1Cl. The molecule has 0 saturated carbocycles. The molecule has 0 saturated heterocycles. The minimum atomic E-state index is -5.03. The molecule has 2 aliphatic heterocycles. The Labute approximate surface area is 447 Å². The fourth-order valence-corrected chi connectivity index (χ4v) is 13.8. The van der Waals surface area contributed by atoms with Gasteiger partial charge in [0, 0.05) is 66.6 Å². The van der Waals surface area contributed by atoms with E-state index in [9.17, 15) is 51.9 Å². The van der Waals surface area contributed by atoms with Crippen LogP contribution in [0.4, 0.5) is 0 Å². The van der Waals surface area contributed by atoms with Gasteiger partial charge in [-0.05, 0) is 97.1 Å². The molecule has 5 heterocycles. The molecule has 0 aliphatic carbocycles. The van der Waals surface area contributed by atoms with Gasteiger partial charge < -0.3 is 9.97 Å². The van der Waals surface area contributed by atoms with Crippen LogP contribution in [0.25, 0.3) is 90.9 Å². The molecule has 9 rings (SSSR count). The summed E-state index contributed by atoms with van der Waals surface area (Å²) in [6.07, 6.45) is 5.64. The minimum Gasteiger partial charge on any atom is -0.354 e. The zero-order valence-corrected chi connectivity index (χ0v) is 44.2. The number of aromatic amines is 2. The highest BCUT2D eigenvalue weighted by atomic mass is 35.5. The van der Waals surface area contributed by atoms with E-state index < -0.39 is 80.1 Å². The molecule has 370 valence electrons. The van der Waals surface area contributed by atoms with Crippen molar-refractivity contribution in [2.75, 3.05) is 0 Å². The highest BCUT2D eigenvalue weighted by molar-refractivity contribution is 7.86. The first kappa shape index (κ1) is 52.3. The van der Waals surface area contributed by atoms with Crippen LogP contribution in [0.15, 0.2) is 92.4 Å². The Morgan fingerprint density at radius 3 is 0.792 bits per heavy atom. The van der Waals surface area contributed by atoms with E-state index in [-0.39, 0.29) is 109 Å². The Hall–Kier alpha value is -4.56. The van der Waals surface area contributed by atoms with Gasteiger partial charge in [0.05, 0.1) is 63.0 Å². The van der Waals surface area contributed by atoms with E-state index in [4.69, 9.17) is 103 Å². The smallest absolute Gasteiger partial charge is 0.296 e. The summed E-state index contributed by atoms with van der Waals surface area (Å²) in [5.41, 5.74) is -1.03. The van der Waals surface area contributed by atoms with Crippen molar-refractivity contribution in [3.8, 4) is 44.5 Å². The first-order valence-corrected chi connectivity index (χ1v) is 28.4. The maximum Gasteiger partial charge on any atom is 0.296 e.